The van der Waals surface area contributed by atoms with Gasteiger partial charge in [-0.2, -0.15) is 0 Å². The fourth-order valence-corrected chi connectivity index (χ4v) is 4.56. The molecule has 3 heterocycles. The minimum absolute atomic E-state index is 0.404. The maximum Gasteiger partial charge on any atom is 0.203 e. The molecule has 23 heavy (non-hydrogen) atoms. The average molecular weight is 305 g/mol. The minimum atomic E-state index is 0.404. The normalized spacial score (nSPS) is 22.6. The predicted octanol–water partition coefficient (Wildman–Crippen LogP) is 3.25. The van der Waals surface area contributed by atoms with Crippen molar-refractivity contribution in [2.45, 2.75) is 31.7 Å². The van der Waals surface area contributed by atoms with Crippen LogP contribution in [0.3, 0.4) is 0 Å². The summed E-state index contributed by atoms with van der Waals surface area (Å²) in [4.78, 5) is 7.06. The van der Waals surface area contributed by atoms with Crippen molar-refractivity contribution < 1.29 is 0 Å². The Bertz CT molecular complexity index is 835. The van der Waals surface area contributed by atoms with Gasteiger partial charge in [-0.15, -0.1) is 10.2 Å². The summed E-state index contributed by atoms with van der Waals surface area (Å²) in [6.07, 6.45) is 10.8. The predicted molar refractivity (Wildman–Crippen MR) is 88.2 cm³/mol. The van der Waals surface area contributed by atoms with E-state index in [9.17, 15) is 0 Å². The van der Waals surface area contributed by atoms with E-state index < -0.39 is 0 Å². The van der Waals surface area contributed by atoms with Crippen LogP contribution in [-0.4, -0.2) is 26.1 Å². The molecule has 1 aromatic carbocycles. The second-order valence-corrected chi connectivity index (χ2v) is 6.82. The highest BCUT2D eigenvalue weighted by Gasteiger charge is 2.55. The Hall–Kier alpha value is -2.43. The first-order chi connectivity index (χ1) is 11.4. The summed E-state index contributed by atoms with van der Waals surface area (Å²) in [6, 6.07) is 11.3. The zero-order valence-corrected chi connectivity index (χ0v) is 13.0. The van der Waals surface area contributed by atoms with E-state index in [1.165, 1.54) is 31.2 Å². The van der Waals surface area contributed by atoms with Crippen molar-refractivity contribution in [3.63, 3.8) is 0 Å². The SMILES string of the molecule is c1ccc([C@@H]2N(c3nccn4cnnc34)CC23CCCC3)cc1. The van der Waals surface area contributed by atoms with Crippen LogP contribution in [0.1, 0.15) is 37.3 Å². The molecule has 5 rings (SSSR count). The van der Waals surface area contributed by atoms with Crippen LogP contribution < -0.4 is 4.90 Å². The van der Waals surface area contributed by atoms with Gasteiger partial charge in [-0.1, -0.05) is 43.2 Å². The summed E-state index contributed by atoms with van der Waals surface area (Å²) in [6.45, 7) is 1.08. The van der Waals surface area contributed by atoms with E-state index in [2.05, 4.69) is 50.4 Å². The number of benzene rings is 1. The second kappa shape index (κ2) is 4.78. The first-order valence-electron chi connectivity index (χ1n) is 8.33. The summed E-state index contributed by atoms with van der Waals surface area (Å²) in [5.74, 6) is 0.955. The van der Waals surface area contributed by atoms with Crippen LogP contribution in [0, 0.1) is 5.41 Å². The molecule has 0 unspecified atom stereocenters. The van der Waals surface area contributed by atoms with Crippen LogP contribution in [0.2, 0.25) is 0 Å². The molecule has 1 saturated heterocycles. The second-order valence-electron chi connectivity index (χ2n) is 6.82. The Morgan fingerprint density at radius 2 is 1.91 bits per heavy atom. The molecule has 1 spiro atoms. The van der Waals surface area contributed by atoms with E-state index in [0.717, 1.165) is 18.0 Å². The summed E-state index contributed by atoms with van der Waals surface area (Å²) < 4.78 is 1.95. The minimum Gasteiger partial charge on any atom is -0.345 e. The first kappa shape index (κ1) is 13.0. The van der Waals surface area contributed by atoms with Crippen LogP contribution in [0.5, 0.6) is 0 Å². The largest absolute Gasteiger partial charge is 0.345 e. The molecular weight excluding hydrogens is 286 g/mol. The lowest BCUT2D eigenvalue weighted by atomic mass is 9.67. The Balaban J connectivity index is 1.62. The van der Waals surface area contributed by atoms with E-state index in [0.29, 0.717) is 11.5 Å². The zero-order chi connectivity index (χ0) is 15.3. The van der Waals surface area contributed by atoms with Crippen LogP contribution in [0.15, 0.2) is 49.1 Å². The third-order valence-electron chi connectivity index (χ3n) is 5.56. The fraction of sp³-hybridized carbons (Fsp3) is 0.389. The van der Waals surface area contributed by atoms with Crippen LogP contribution in [-0.2, 0) is 0 Å². The van der Waals surface area contributed by atoms with Crippen molar-refractivity contribution in [1.29, 1.82) is 0 Å². The Kier molecular flexibility index (Phi) is 2.71. The summed E-state index contributed by atoms with van der Waals surface area (Å²) in [5.41, 5.74) is 2.65. The van der Waals surface area contributed by atoms with E-state index >= 15 is 0 Å². The van der Waals surface area contributed by atoms with Gasteiger partial charge in [0.25, 0.3) is 0 Å². The Labute approximate surface area is 135 Å². The molecule has 0 radical (unpaired) electrons. The highest BCUT2D eigenvalue weighted by atomic mass is 15.3. The van der Waals surface area contributed by atoms with Crippen molar-refractivity contribution in [3.8, 4) is 0 Å². The van der Waals surface area contributed by atoms with Gasteiger partial charge in [0.2, 0.25) is 5.65 Å². The Morgan fingerprint density at radius 1 is 1.09 bits per heavy atom. The number of anilines is 1. The molecule has 1 aliphatic heterocycles. The smallest absolute Gasteiger partial charge is 0.203 e. The number of rotatable bonds is 2. The third kappa shape index (κ3) is 1.82. The van der Waals surface area contributed by atoms with Crippen LogP contribution in [0.25, 0.3) is 5.65 Å². The van der Waals surface area contributed by atoms with Crippen molar-refractivity contribution >= 4 is 11.5 Å². The summed E-state index contributed by atoms with van der Waals surface area (Å²) >= 11 is 0. The van der Waals surface area contributed by atoms with Gasteiger partial charge in [0.15, 0.2) is 5.82 Å². The van der Waals surface area contributed by atoms with Crippen molar-refractivity contribution in [2.24, 2.45) is 5.41 Å². The van der Waals surface area contributed by atoms with E-state index in [-0.39, 0.29) is 0 Å². The number of fused-ring (bicyclic) bond motifs is 1. The number of hydrogen-bond acceptors (Lipinski definition) is 4. The zero-order valence-electron chi connectivity index (χ0n) is 13.0. The molecule has 0 amide bonds. The van der Waals surface area contributed by atoms with Crippen LogP contribution >= 0.6 is 0 Å². The van der Waals surface area contributed by atoms with Gasteiger partial charge in [0, 0.05) is 24.4 Å². The van der Waals surface area contributed by atoms with Crippen molar-refractivity contribution in [3.05, 3.63) is 54.6 Å². The molecule has 1 aliphatic carbocycles. The molecule has 3 aromatic rings. The Morgan fingerprint density at radius 3 is 2.74 bits per heavy atom. The van der Waals surface area contributed by atoms with Gasteiger partial charge in [-0.05, 0) is 18.4 Å². The van der Waals surface area contributed by atoms with E-state index in [1.807, 2.05) is 16.8 Å². The molecule has 1 atom stereocenters. The van der Waals surface area contributed by atoms with Gasteiger partial charge in [0.1, 0.15) is 6.33 Å². The highest BCUT2D eigenvalue weighted by molar-refractivity contribution is 5.66. The lowest BCUT2D eigenvalue weighted by Crippen LogP contribution is -2.58. The van der Waals surface area contributed by atoms with Gasteiger partial charge >= 0.3 is 0 Å². The quantitative estimate of drug-likeness (QED) is 0.729. The first-order valence-corrected chi connectivity index (χ1v) is 8.33. The van der Waals surface area contributed by atoms with Gasteiger partial charge in [-0.25, -0.2) is 4.98 Å². The lowest BCUT2D eigenvalue weighted by molar-refractivity contribution is 0.135. The molecule has 2 fully saturated rings. The molecule has 0 bridgehead atoms. The van der Waals surface area contributed by atoms with E-state index in [4.69, 9.17) is 0 Å². The maximum absolute atomic E-state index is 4.63. The topological polar surface area (TPSA) is 46.3 Å². The molecular formula is C18H19N5. The molecule has 2 aliphatic rings. The summed E-state index contributed by atoms with van der Waals surface area (Å²) in [5, 5.41) is 8.31. The molecule has 116 valence electrons. The maximum atomic E-state index is 4.63. The van der Waals surface area contributed by atoms with Gasteiger partial charge in [0.05, 0.1) is 6.04 Å². The molecule has 2 aromatic heterocycles. The van der Waals surface area contributed by atoms with Gasteiger partial charge < -0.3 is 4.90 Å². The van der Waals surface area contributed by atoms with Crippen molar-refractivity contribution in [1.82, 2.24) is 19.6 Å². The van der Waals surface area contributed by atoms with E-state index in [1.54, 1.807) is 6.33 Å². The standard InChI is InChI=1S/C18H19N5/c1-2-6-14(7-3-1)15-18(8-4-5-9-18)12-23(15)16-17-21-20-13-22(17)11-10-19-16/h1-3,6-7,10-11,13,15H,4-5,8-9,12H2/t15-/m0/s1. The van der Waals surface area contributed by atoms with Crippen molar-refractivity contribution in [2.75, 3.05) is 11.4 Å². The summed E-state index contributed by atoms with van der Waals surface area (Å²) in [7, 11) is 0. The molecule has 0 N–H and O–H groups in total. The molecule has 5 heteroatoms. The number of hydrogen-bond donors (Lipinski definition) is 0. The highest BCUT2D eigenvalue weighted by Crippen LogP contribution is 2.59. The number of aromatic nitrogens is 4. The lowest BCUT2D eigenvalue weighted by Gasteiger charge is -2.57. The molecule has 1 saturated carbocycles. The molecule has 5 nitrogen and oxygen atoms in total. The van der Waals surface area contributed by atoms with Gasteiger partial charge in [-0.3, -0.25) is 4.40 Å². The number of nitrogens with zero attached hydrogens (tertiary/aromatic N) is 5. The monoisotopic (exact) mass is 305 g/mol. The third-order valence-corrected chi connectivity index (χ3v) is 5.56. The average Bonchev–Trinajstić information content (AvgIpc) is 3.24. The fourth-order valence-electron chi connectivity index (χ4n) is 4.56. The van der Waals surface area contributed by atoms with Crippen LogP contribution in [0.4, 0.5) is 5.82 Å².